The number of anilines is 1. The van der Waals surface area contributed by atoms with Crippen molar-refractivity contribution in [3.05, 3.63) is 87.9 Å². The van der Waals surface area contributed by atoms with Crippen LogP contribution in [0, 0.1) is 0 Å². The number of hydrogen-bond acceptors (Lipinski definition) is 5. The number of carbonyl (C=O) groups excluding carboxylic acids is 1. The number of benzene rings is 3. The lowest BCUT2D eigenvalue weighted by molar-refractivity contribution is 0.0940. The molecule has 0 bridgehead atoms. The molecule has 0 aliphatic heterocycles. The molecular formula is C25H27BrN2O5S. The number of nitrogens with zero attached hydrogens (tertiary/aromatic N) is 1. The molecule has 1 amide bonds. The van der Waals surface area contributed by atoms with Crippen LogP contribution in [0.15, 0.2) is 71.2 Å². The second-order valence-corrected chi connectivity index (χ2v) is 10.6. The van der Waals surface area contributed by atoms with Crippen molar-refractivity contribution in [1.82, 2.24) is 5.32 Å². The quantitative estimate of drug-likeness (QED) is 0.411. The van der Waals surface area contributed by atoms with E-state index in [1.807, 2.05) is 61.5 Å². The van der Waals surface area contributed by atoms with Gasteiger partial charge in [-0.05, 0) is 36.2 Å². The van der Waals surface area contributed by atoms with Gasteiger partial charge in [-0.3, -0.25) is 9.10 Å². The Morgan fingerprint density at radius 2 is 1.65 bits per heavy atom. The lowest BCUT2D eigenvalue weighted by Crippen LogP contribution is -2.33. The van der Waals surface area contributed by atoms with Crippen molar-refractivity contribution < 1.29 is 22.7 Å². The molecule has 0 aliphatic carbocycles. The zero-order chi connectivity index (χ0) is 24.9. The summed E-state index contributed by atoms with van der Waals surface area (Å²) in [4.78, 5) is 13.4. The van der Waals surface area contributed by atoms with Crippen LogP contribution in [0.3, 0.4) is 0 Å². The van der Waals surface area contributed by atoms with Gasteiger partial charge in [0, 0.05) is 10.5 Å². The molecule has 0 aliphatic rings. The fraction of sp³-hybridized carbons (Fsp3) is 0.240. The molecule has 1 N–H and O–H groups in total. The maximum atomic E-state index is 13.4. The first-order valence-corrected chi connectivity index (χ1v) is 13.1. The van der Waals surface area contributed by atoms with Crippen LogP contribution in [-0.2, 0) is 16.6 Å². The van der Waals surface area contributed by atoms with E-state index in [2.05, 4.69) is 21.2 Å². The Morgan fingerprint density at radius 1 is 1.00 bits per heavy atom. The van der Waals surface area contributed by atoms with Gasteiger partial charge in [-0.1, -0.05) is 58.4 Å². The van der Waals surface area contributed by atoms with Crippen molar-refractivity contribution in [1.29, 1.82) is 0 Å². The summed E-state index contributed by atoms with van der Waals surface area (Å²) in [5, 5.41) is 2.96. The molecule has 180 valence electrons. The van der Waals surface area contributed by atoms with Gasteiger partial charge >= 0.3 is 0 Å². The molecule has 0 spiro atoms. The van der Waals surface area contributed by atoms with Crippen LogP contribution in [0.1, 0.15) is 34.5 Å². The Kier molecular flexibility index (Phi) is 8.22. The zero-order valence-electron chi connectivity index (χ0n) is 19.4. The molecule has 34 heavy (non-hydrogen) atoms. The number of hydrogen-bond donors (Lipinski definition) is 1. The van der Waals surface area contributed by atoms with Gasteiger partial charge in [0.2, 0.25) is 10.0 Å². The van der Waals surface area contributed by atoms with E-state index in [0.717, 1.165) is 21.9 Å². The number of halogens is 1. The summed E-state index contributed by atoms with van der Waals surface area (Å²) in [6.07, 6.45) is 1.11. The molecule has 3 rings (SSSR count). The molecule has 7 nitrogen and oxygen atoms in total. The topological polar surface area (TPSA) is 84.9 Å². The van der Waals surface area contributed by atoms with E-state index in [1.54, 1.807) is 0 Å². The van der Waals surface area contributed by atoms with Gasteiger partial charge in [0.25, 0.3) is 5.91 Å². The number of ether oxygens (including phenoxy) is 2. The molecule has 1 atom stereocenters. The highest BCUT2D eigenvalue weighted by atomic mass is 79.9. The summed E-state index contributed by atoms with van der Waals surface area (Å²) in [5.74, 6) is 0.195. The smallest absolute Gasteiger partial charge is 0.254 e. The zero-order valence-corrected chi connectivity index (χ0v) is 21.8. The lowest BCUT2D eigenvalue weighted by atomic mass is 10.1. The molecule has 0 unspecified atom stereocenters. The highest BCUT2D eigenvalue weighted by Crippen LogP contribution is 2.37. The summed E-state index contributed by atoms with van der Waals surface area (Å²) in [6.45, 7) is 1.91. The van der Waals surface area contributed by atoms with Gasteiger partial charge in [0.1, 0.15) is 0 Å². The fourth-order valence-electron chi connectivity index (χ4n) is 3.52. The summed E-state index contributed by atoms with van der Waals surface area (Å²) in [6, 6.07) is 19.5. The van der Waals surface area contributed by atoms with Gasteiger partial charge in [0.15, 0.2) is 11.5 Å². The maximum absolute atomic E-state index is 13.4. The second kappa shape index (κ2) is 10.9. The van der Waals surface area contributed by atoms with E-state index in [0.29, 0.717) is 11.5 Å². The van der Waals surface area contributed by atoms with Crippen LogP contribution < -0.4 is 19.1 Å². The minimum absolute atomic E-state index is 0.0522. The first kappa shape index (κ1) is 25.6. The number of rotatable bonds is 9. The van der Waals surface area contributed by atoms with E-state index in [-0.39, 0.29) is 23.8 Å². The molecule has 0 heterocycles. The van der Waals surface area contributed by atoms with Crippen LogP contribution >= 0.6 is 15.9 Å². The monoisotopic (exact) mass is 546 g/mol. The minimum Gasteiger partial charge on any atom is -0.493 e. The highest BCUT2D eigenvalue weighted by molar-refractivity contribution is 9.10. The molecule has 0 saturated carbocycles. The Bertz CT molecular complexity index is 1270. The van der Waals surface area contributed by atoms with Gasteiger partial charge in [-0.25, -0.2) is 8.42 Å². The Morgan fingerprint density at radius 3 is 2.24 bits per heavy atom. The molecule has 3 aromatic rings. The first-order chi connectivity index (χ1) is 16.1. The second-order valence-electron chi connectivity index (χ2n) is 7.73. The standard InChI is InChI=1S/C25H27BrN2O5S/c1-17(19-11-8-12-20(26)13-19)27-25(29)21-14-23(32-2)24(33-3)15-22(21)28(34(4,30)31)16-18-9-6-5-7-10-18/h5-15,17H,16H2,1-4H3,(H,27,29)/t17-/m1/s1. The van der Waals surface area contributed by atoms with E-state index >= 15 is 0 Å². The summed E-state index contributed by atoms with van der Waals surface area (Å²) >= 11 is 3.44. The molecule has 0 fully saturated rings. The van der Waals surface area contributed by atoms with Crippen LogP contribution in [0.4, 0.5) is 5.69 Å². The molecular weight excluding hydrogens is 520 g/mol. The van der Waals surface area contributed by atoms with Crippen molar-refractivity contribution in [2.24, 2.45) is 0 Å². The van der Waals surface area contributed by atoms with Crippen molar-refractivity contribution in [3.63, 3.8) is 0 Å². The van der Waals surface area contributed by atoms with Gasteiger partial charge in [-0.2, -0.15) is 0 Å². The number of nitrogens with one attached hydrogen (secondary N) is 1. The van der Waals surface area contributed by atoms with Gasteiger partial charge < -0.3 is 14.8 Å². The molecule has 0 saturated heterocycles. The summed E-state index contributed by atoms with van der Waals surface area (Å²) in [7, 11) is -0.835. The van der Waals surface area contributed by atoms with E-state index in [4.69, 9.17) is 9.47 Å². The Labute approximate surface area is 208 Å². The molecule has 3 aromatic carbocycles. The van der Waals surface area contributed by atoms with E-state index in [9.17, 15) is 13.2 Å². The van der Waals surface area contributed by atoms with Crippen molar-refractivity contribution >= 4 is 37.5 Å². The Balaban J connectivity index is 2.08. The predicted octanol–water partition coefficient (Wildman–Crippen LogP) is 4.92. The average Bonchev–Trinajstić information content (AvgIpc) is 2.81. The normalized spacial score (nSPS) is 12.0. The van der Waals surface area contributed by atoms with Crippen LogP contribution in [0.2, 0.25) is 0 Å². The molecule has 0 radical (unpaired) electrons. The highest BCUT2D eigenvalue weighted by Gasteiger charge is 2.27. The van der Waals surface area contributed by atoms with Crippen LogP contribution in [0.25, 0.3) is 0 Å². The van der Waals surface area contributed by atoms with Crippen molar-refractivity contribution in [3.8, 4) is 11.5 Å². The van der Waals surface area contributed by atoms with E-state index in [1.165, 1.54) is 30.7 Å². The minimum atomic E-state index is -3.75. The summed E-state index contributed by atoms with van der Waals surface area (Å²) < 4.78 is 38.6. The van der Waals surface area contributed by atoms with Crippen LogP contribution in [-0.4, -0.2) is 34.8 Å². The number of sulfonamides is 1. The van der Waals surface area contributed by atoms with Gasteiger partial charge in [0.05, 0.1) is 44.3 Å². The lowest BCUT2D eigenvalue weighted by Gasteiger charge is -2.26. The van der Waals surface area contributed by atoms with Crippen molar-refractivity contribution in [2.45, 2.75) is 19.5 Å². The van der Waals surface area contributed by atoms with Crippen molar-refractivity contribution in [2.75, 3.05) is 24.8 Å². The third-order valence-corrected chi connectivity index (χ3v) is 6.90. The maximum Gasteiger partial charge on any atom is 0.254 e. The number of carbonyl (C=O) groups is 1. The molecule has 9 heteroatoms. The first-order valence-electron chi connectivity index (χ1n) is 10.5. The fourth-order valence-corrected chi connectivity index (χ4v) is 4.83. The largest absolute Gasteiger partial charge is 0.493 e. The van der Waals surface area contributed by atoms with Crippen LogP contribution in [0.5, 0.6) is 11.5 Å². The third-order valence-electron chi connectivity index (χ3n) is 5.28. The predicted molar refractivity (Wildman–Crippen MR) is 137 cm³/mol. The Hall–Kier alpha value is -3.04. The molecule has 0 aromatic heterocycles. The van der Waals surface area contributed by atoms with E-state index < -0.39 is 15.9 Å². The number of amides is 1. The van der Waals surface area contributed by atoms with Gasteiger partial charge in [-0.15, -0.1) is 0 Å². The SMILES string of the molecule is COc1cc(C(=O)N[C@H](C)c2cccc(Br)c2)c(N(Cc2ccccc2)S(C)(=O)=O)cc1OC. The third kappa shape index (κ3) is 6.09. The average molecular weight is 547 g/mol. The summed E-state index contributed by atoms with van der Waals surface area (Å²) in [5.41, 5.74) is 2.02. The number of methoxy groups -OCH3 is 2.